The van der Waals surface area contributed by atoms with Gasteiger partial charge in [-0.1, -0.05) is 31.5 Å². The first kappa shape index (κ1) is 17.8. The van der Waals surface area contributed by atoms with Gasteiger partial charge >= 0.3 is 0 Å². The predicted molar refractivity (Wildman–Crippen MR) is 97.9 cm³/mol. The molecule has 0 radical (unpaired) electrons. The summed E-state index contributed by atoms with van der Waals surface area (Å²) in [5.74, 6) is 0.193. The molecule has 2 heteroatoms. The summed E-state index contributed by atoms with van der Waals surface area (Å²) in [4.78, 5) is 15.7. The Labute approximate surface area is 141 Å². The summed E-state index contributed by atoms with van der Waals surface area (Å²) in [6.07, 6.45) is 3.12. The van der Waals surface area contributed by atoms with E-state index >= 15 is 0 Å². The van der Waals surface area contributed by atoms with Crippen LogP contribution < -0.4 is 0 Å². The van der Waals surface area contributed by atoms with Crippen LogP contribution >= 0.6 is 0 Å². The van der Waals surface area contributed by atoms with Crippen LogP contribution in [0.15, 0.2) is 23.9 Å². The number of carbonyl (C=O) groups is 1. The van der Waals surface area contributed by atoms with Gasteiger partial charge in [0.2, 0.25) is 0 Å². The van der Waals surface area contributed by atoms with Crippen molar-refractivity contribution in [3.63, 3.8) is 0 Å². The number of aryl methyl sites for hydroxylation is 3. The van der Waals surface area contributed by atoms with Gasteiger partial charge in [-0.2, -0.15) is 0 Å². The molecule has 0 bridgehead atoms. The van der Waals surface area contributed by atoms with E-state index in [4.69, 9.17) is 0 Å². The topological polar surface area (TPSA) is 20.3 Å². The Kier molecular flexibility index (Phi) is 4.49. The van der Waals surface area contributed by atoms with Crippen molar-refractivity contribution in [2.24, 2.45) is 5.41 Å². The number of allylic oxidation sites excluding steroid dienone is 1. The number of ketones is 1. The molecule has 0 fully saturated rings. The van der Waals surface area contributed by atoms with Crippen molar-refractivity contribution < 1.29 is 4.79 Å². The van der Waals surface area contributed by atoms with Gasteiger partial charge in [-0.05, 0) is 64.5 Å². The van der Waals surface area contributed by atoms with Gasteiger partial charge in [0, 0.05) is 29.4 Å². The predicted octanol–water partition coefficient (Wildman–Crippen LogP) is 5.21. The number of Topliss-reactive ketones (excluding diaryl/α,β-unsaturated/α-hetero) is 1. The van der Waals surface area contributed by atoms with E-state index in [1.807, 2.05) is 13.8 Å². The fraction of sp³-hybridized carbons (Fsp3) is 0.571. The second-order valence-corrected chi connectivity index (χ2v) is 8.64. The third kappa shape index (κ3) is 3.52. The van der Waals surface area contributed by atoms with Gasteiger partial charge in [-0.15, -0.1) is 0 Å². The minimum Gasteiger partial charge on any atom is -0.372 e. The third-order valence-electron chi connectivity index (χ3n) is 5.00. The van der Waals surface area contributed by atoms with Crippen LogP contribution in [-0.4, -0.2) is 22.8 Å². The van der Waals surface area contributed by atoms with E-state index < -0.39 is 0 Å². The van der Waals surface area contributed by atoms with Gasteiger partial charge in [0.25, 0.3) is 0 Å². The molecule has 23 heavy (non-hydrogen) atoms. The van der Waals surface area contributed by atoms with E-state index in [-0.39, 0.29) is 16.7 Å². The molecule has 0 unspecified atom stereocenters. The highest BCUT2D eigenvalue weighted by molar-refractivity contribution is 6.11. The molecule has 0 saturated carbocycles. The molecule has 2 nitrogen and oxygen atoms in total. The maximum absolute atomic E-state index is 13.3. The van der Waals surface area contributed by atoms with Crippen molar-refractivity contribution in [1.82, 2.24) is 4.90 Å². The number of rotatable bonds is 2. The molecule has 0 saturated heterocycles. The summed E-state index contributed by atoms with van der Waals surface area (Å²) >= 11 is 0. The lowest BCUT2D eigenvalue weighted by molar-refractivity contribution is 0.0963. The van der Waals surface area contributed by atoms with Crippen LogP contribution in [0.3, 0.4) is 0 Å². The second kappa shape index (κ2) is 5.81. The minimum atomic E-state index is -0.0808. The third-order valence-corrected chi connectivity index (χ3v) is 5.00. The molecule has 0 amide bonds. The van der Waals surface area contributed by atoms with Crippen molar-refractivity contribution in [1.29, 1.82) is 0 Å². The summed E-state index contributed by atoms with van der Waals surface area (Å²) in [6, 6.07) is 4.22. The average molecular weight is 313 g/mol. The molecule has 1 aliphatic heterocycles. The van der Waals surface area contributed by atoms with Crippen LogP contribution in [0.1, 0.15) is 68.1 Å². The van der Waals surface area contributed by atoms with E-state index in [9.17, 15) is 4.79 Å². The van der Waals surface area contributed by atoms with Crippen LogP contribution in [0.4, 0.5) is 0 Å². The number of benzene rings is 1. The number of hydrogen-bond acceptors (Lipinski definition) is 2. The fourth-order valence-electron chi connectivity index (χ4n) is 3.50. The lowest BCUT2D eigenvalue weighted by atomic mass is 9.74. The molecule has 2 rings (SSSR count). The first-order chi connectivity index (χ1) is 10.4. The van der Waals surface area contributed by atoms with E-state index in [1.54, 1.807) is 0 Å². The monoisotopic (exact) mass is 313 g/mol. The lowest BCUT2D eigenvalue weighted by Crippen LogP contribution is -2.44. The summed E-state index contributed by atoms with van der Waals surface area (Å²) in [7, 11) is 0. The van der Waals surface area contributed by atoms with Crippen molar-refractivity contribution in [3.05, 3.63) is 46.2 Å². The first-order valence-corrected chi connectivity index (χ1v) is 8.55. The Morgan fingerprint density at radius 3 is 2.09 bits per heavy atom. The van der Waals surface area contributed by atoms with Crippen LogP contribution in [-0.2, 0) is 0 Å². The fourth-order valence-corrected chi connectivity index (χ4v) is 3.50. The highest BCUT2D eigenvalue weighted by Gasteiger charge is 2.36. The molecule has 0 spiro atoms. The van der Waals surface area contributed by atoms with Crippen molar-refractivity contribution in [2.75, 3.05) is 6.54 Å². The van der Waals surface area contributed by atoms with Gasteiger partial charge in [0.15, 0.2) is 5.78 Å². The summed E-state index contributed by atoms with van der Waals surface area (Å²) < 4.78 is 0. The van der Waals surface area contributed by atoms with Crippen molar-refractivity contribution in [3.8, 4) is 0 Å². The Balaban J connectivity index is 2.53. The molecule has 0 aromatic heterocycles. The first-order valence-electron chi connectivity index (χ1n) is 8.55. The normalized spacial score (nSPS) is 17.9. The zero-order chi connectivity index (χ0) is 17.6. The molecule has 0 aliphatic carbocycles. The molecule has 1 aromatic carbocycles. The van der Waals surface area contributed by atoms with Crippen molar-refractivity contribution in [2.45, 2.75) is 67.3 Å². The Morgan fingerprint density at radius 2 is 1.61 bits per heavy atom. The molecule has 1 heterocycles. The van der Waals surface area contributed by atoms with Gasteiger partial charge < -0.3 is 4.90 Å². The highest BCUT2D eigenvalue weighted by atomic mass is 16.1. The largest absolute Gasteiger partial charge is 0.372 e. The van der Waals surface area contributed by atoms with Gasteiger partial charge in [-0.3, -0.25) is 4.79 Å². The molecule has 126 valence electrons. The van der Waals surface area contributed by atoms with Crippen LogP contribution in [0.2, 0.25) is 0 Å². The molecule has 1 aromatic rings. The second-order valence-electron chi connectivity index (χ2n) is 8.64. The number of nitrogens with zero attached hydrogens (tertiary/aromatic N) is 1. The maximum Gasteiger partial charge on any atom is 0.191 e. The summed E-state index contributed by atoms with van der Waals surface area (Å²) in [5.41, 5.74) is 5.15. The van der Waals surface area contributed by atoms with Gasteiger partial charge in [0.05, 0.1) is 0 Å². The molecule has 0 N–H and O–H groups in total. The minimum absolute atomic E-state index is 0.0411. The highest BCUT2D eigenvalue weighted by Crippen LogP contribution is 2.39. The van der Waals surface area contributed by atoms with Crippen molar-refractivity contribution >= 4 is 5.78 Å². The van der Waals surface area contributed by atoms with E-state index in [0.717, 1.165) is 35.2 Å². The van der Waals surface area contributed by atoms with Gasteiger partial charge in [-0.25, -0.2) is 0 Å². The smallest absolute Gasteiger partial charge is 0.191 e. The summed E-state index contributed by atoms with van der Waals surface area (Å²) in [6.45, 7) is 18.2. The molecular weight excluding hydrogens is 282 g/mol. The summed E-state index contributed by atoms with van der Waals surface area (Å²) in [5, 5.41) is 0. The quantitative estimate of drug-likeness (QED) is 0.699. The van der Waals surface area contributed by atoms with Crippen LogP contribution in [0.25, 0.3) is 0 Å². The van der Waals surface area contributed by atoms with Crippen LogP contribution in [0, 0.1) is 26.2 Å². The standard InChI is InChI=1S/C21H31NO/c1-14-11-15(2)18(16(3)12-14)19(23)17-13-22(20(4,5)6)10-9-21(17,7)8/h11-13H,9-10H2,1-8H3. The molecule has 1 aliphatic rings. The number of hydrogen-bond donors (Lipinski definition) is 0. The van der Waals surface area contributed by atoms with Crippen LogP contribution in [0.5, 0.6) is 0 Å². The maximum atomic E-state index is 13.3. The number of carbonyl (C=O) groups excluding carboxylic acids is 1. The van der Waals surface area contributed by atoms with Gasteiger partial charge in [0.1, 0.15) is 0 Å². The Bertz CT molecular complexity index is 636. The van der Waals surface area contributed by atoms with E-state index in [2.05, 4.69) is 64.8 Å². The van der Waals surface area contributed by atoms with E-state index in [1.165, 1.54) is 5.56 Å². The average Bonchev–Trinajstić information content (AvgIpc) is 2.35. The zero-order valence-electron chi connectivity index (χ0n) is 16.0. The molecule has 0 atom stereocenters. The van der Waals surface area contributed by atoms with E-state index in [0.29, 0.717) is 0 Å². The zero-order valence-corrected chi connectivity index (χ0v) is 16.0. The Hall–Kier alpha value is -1.57. The molecular formula is C21H31NO. The SMILES string of the molecule is Cc1cc(C)c(C(=O)C2=CN(C(C)(C)C)CCC2(C)C)c(C)c1. The lowest BCUT2D eigenvalue weighted by Gasteiger charge is -2.43. The Morgan fingerprint density at radius 1 is 1.09 bits per heavy atom.